The number of hydrogen-bond acceptors (Lipinski definition) is 1. The van der Waals surface area contributed by atoms with Crippen LogP contribution in [-0.2, 0) is 4.79 Å². The van der Waals surface area contributed by atoms with Crippen molar-refractivity contribution >= 4 is 5.91 Å². The summed E-state index contributed by atoms with van der Waals surface area (Å²) in [6.45, 7) is 9.93. The van der Waals surface area contributed by atoms with Crippen molar-refractivity contribution in [1.29, 1.82) is 0 Å². The summed E-state index contributed by atoms with van der Waals surface area (Å²) >= 11 is 0. The summed E-state index contributed by atoms with van der Waals surface area (Å²) in [6.07, 6.45) is 1.73. The van der Waals surface area contributed by atoms with E-state index < -0.39 is 0 Å². The summed E-state index contributed by atoms with van der Waals surface area (Å²) in [5.74, 6) is 0.150. The molecule has 1 amide bonds. The third-order valence-corrected chi connectivity index (χ3v) is 1.39. The first-order valence-corrected chi connectivity index (χ1v) is 3.76. The van der Waals surface area contributed by atoms with Gasteiger partial charge in [-0.25, -0.2) is 0 Å². The van der Waals surface area contributed by atoms with Gasteiger partial charge in [-0.1, -0.05) is 26.8 Å². The van der Waals surface area contributed by atoms with E-state index in [1.807, 2.05) is 20.8 Å². The molecule has 0 aromatic heterocycles. The SMILES string of the molecule is C=CCN(C)C(=O)C(C)(C)C. The monoisotopic (exact) mass is 155 g/mol. The average Bonchev–Trinajstić information content (AvgIpc) is 1.85. The first-order chi connectivity index (χ1) is 4.89. The average molecular weight is 155 g/mol. The molecular weight excluding hydrogens is 138 g/mol. The van der Waals surface area contributed by atoms with E-state index in [1.54, 1.807) is 18.0 Å². The number of amides is 1. The highest BCUT2D eigenvalue weighted by atomic mass is 16.2. The van der Waals surface area contributed by atoms with Gasteiger partial charge in [0.25, 0.3) is 0 Å². The van der Waals surface area contributed by atoms with E-state index in [0.29, 0.717) is 6.54 Å². The van der Waals surface area contributed by atoms with Gasteiger partial charge in [-0.05, 0) is 0 Å². The lowest BCUT2D eigenvalue weighted by atomic mass is 9.95. The van der Waals surface area contributed by atoms with Crippen molar-refractivity contribution in [1.82, 2.24) is 4.90 Å². The molecule has 0 aromatic carbocycles. The molecule has 0 rings (SSSR count). The number of rotatable bonds is 2. The van der Waals surface area contributed by atoms with E-state index in [2.05, 4.69) is 6.58 Å². The van der Waals surface area contributed by atoms with Crippen molar-refractivity contribution in [2.45, 2.75) is 20.8 Å². The van der Waals surface area contributed by atoms with Gasteiger partial charge in [0.2, 0.25) is 5.91 Å². The summed E-state index contributed by atoms with van der Waals surface area (Å²) in [5, 5.41) is 0. The van der Waals surface area contributed by atoms with Crippen molar-refractivity contribution in [3.8, 4) is 0 Å². The maximum absolute atomic E-state index is 11.4. The van der Waals surface area contributed by atoms with Gasteiger partial charge in [-0.3, -0.25) is 4.79 Å². The summed E-state index contributed by atoms with van der Waals surface area (Å²) < 4.78 is 0. The van der Waals surface area contributed by atoms with Gasteiger partial charge >= 0.3 is 0 Å². The molecule has 64 valence electrons. The Morgan fingerprint density at radius 1 is 1.55 bits per heavy atom. The van der Waals surface area contributed by atoms with Gasteiger partial charge in [-0.15, -0.1) is 6.58 Å². The fourth-order valence-electron chi connectivity index (χ4n) is 0.849. The number of hydrogen-bond donors (Lipinski definition) is 0. The minimum absolute atomic E-state index is 0.150. The predicted molar refractivity (Wildman–Crippen MR) is 47.3 cm³/mol. The summed E-state index contributed by atoms with van der Waals surface area (Å²) in [4.78, 5) is 13.1. The van der Waals surface area contributed by atoms with E-state index in [1.165, 1.54) is 0 Å². The van der Waals surface area contributed by atoms with E-state index in [4.69, 9.17) is 0 Å². The van der Waals surface area contributed by atoms with Crippen LogP contribution in [0.1, 0.15) is 20.8 Å². The van der Waals surface area contributed by atoms with Gasteiger partial charge in [0.1, 0.15) is 0 Å². The van der Waals surface area contributed by atoms with Crippen LogP contribution < -0.4 is 0 Å². The highest BCUT2D eigenvalue weighted by molar-refractivity contribution is 5.81. The molecule has 11 heavy (non-hydrogen) atoms. The van der Waals surface area contributed by atoms with Crippen molar-refractivity contribution in [3.63, 3.8) is 0 Å². The topological polar surface area (TPSA) is 20.3 Å². The van der Waals surface area contributed by atoms with Gasteiger partial charge in [-0.2, -0.15) is 0 Å². The first kappa shape index (κ1) is 10.2. The van der Waals surface area contributed by atoms with Crippen LogP contribution in [0.2, 0.25) is 0 Å². The molecule has 2 nitrogen and oxygen atoms in total. The standard InChI is InChI=1S/C9H17NO/c1-6-7-10(5)8(11)9(2,3)4/h6H,1,7H2,2-5H3. The van der Waals surface area contributed by atoms with Crippen LogP contribution in [0.5, 0.6) is 0 Å². The van der Waals surface area contributed by atoms with Crippen LogP contribution in [0.3, 0.4) is 0 Å². The van der Waals surface area contributed by atoms with E-state index in [-0.39, 0.29) is 11.3 Å². The molecule has 0 bridgehead atoms. The number of carbonyl (C=O) groups excluding carboxylic acids is 1. The van der Waals surface area contributed by atoms with E-state index in [0.717, 1.165) is 0 Å². The minimum atomic E-state index is -0.280. The molecule has 0 unspecified atom stereocenters. The second-order valence-electron chi connectivity index (χ2n) is 3.72. The zero-order valence-electron chi connectivity index (χ0n) is 7.85. The number of likely N-dealkylation sites (N-methyl/N-ethyl adjacent to an activating group) is 1. The molecule has 0 fully saturated rings. The minimum Gasteiger partial charge on any atom is -0.342 e. The van der Waals surface area contributed by atoms with Gasteiger partial charge in [0.05, 0.1) is 0 Å². The van der Waals surface area contributed by atoms with Crippen molar-refractivity contribution < 1.29 is 4.79 Å². The third-order valence-electron chi connectivity index (χ3n) is 1.39. The molecule has 0 aliphatic carbocycles. The molecule has 2 heteroatoms. The Labute approximate surface area is 68.9 Å². The largest absolute Gasteiger partial charge is 0.342 e. The first-order valence-electron chi connectivity index (χ1n) is 3.76. The van der Waals surface area contributed by atoms with Crippen molar-refractivity contribution in [2.75, 3.05) is 13.6 Å². The Morgan fingerprint density at radius 3 is 2.27 bits per heavy atom. The van der Waals surface area contributed by atoms with E-state index in [9.17, 15) is 4.79 Å². The smallest absolute Gasteiger partial charge is 0.227 e. The molecule has 0 aliphatic rings. The fourth-order valence-corrected chi connectivity index (χ4v) is 0.849. The van der Waals surface area contributed by atoms with E-state index >= 15 is 0 Å². The molecule has 0 radical (unpaired) electrons. The van der Waals surface area contributed by atoms with Crippen LogP contribution in [0.25, 0.3) is 0 Å². The maximum atomic E-state index is 11.4. The van der Waals surface area contributed by atoms with Crippen molar-refractivity contribution in [3.05, 3.63) is 12.7 Å². The summed E-state index contributed by atoms with van der Waals surface area (Å²) in [5.41, 5.74) is -0.280. The van der Waals surface area contributed by atoms with Gasteiger partial charge < -0.3 is 4.90 Å². The molecule has 0 N–H and O–H groups in total. The lowest BCUT2D eigenvalue weighted by Crippen LogP contribution is -2.36. The lowest BCUT2D eigenvalue weighted by Gasteiger charge is -2.24. The van der Waals surface area contributed by atoms with Gasteiger partial charge in [0, 0.05) is 19.0 Å². The van der Waals surface area contributed by atoms with Crippen LogP contribution in [0.4, 0.5) is 0 Å². The number of carbonyl (C=O) groups is 1. The molecule has 0 aromatic rings. The Hall–Kier alpha value is -0.790. The second kappa shape index (κ2) is 3.56. The second-order valence-corrected chi connectivity index (χ2v) is 3.72. The van der Waals surface area contributed by atoms with Crippen LogP contribution in [0.15, 0.2) is 12.7 Å². The molecule has 0 saturated heterocycles. The van der Waals surface area contributed by atoms with Gasteiger partial charge in [0.15, 0.2) is 0 Å². The van der Waals surface area contributed by atoms with Crippen LogP contribution in [-0.4, -0.2) is 24.4 Å². The third kappa shape index (κ3) is 3.21. The fraction of sp³-hybridized carbons (Fsp3) is 0.667. The quantitative estimate of drug-likeness (QED) is 0.555. The summed E-state index contributed by atoms with van der Waals surface area (Å²) in [7, 11) is 1.79. The number of nitrogens with zero attached hydrogens (tertiary/aromatic N) is 1. The highest BCUT2D eigenvalue weighted by Gasteiger charge is 2.23. The Balaban J connectivity index is 4.13. The molecule has 0 saturated carbocycles. The highest BCUT2D eigenvalue weighted by Crippen LogP contribution is 2.15. The molecular formula is C9H17NO. The summed E-state index contributed by atoms with van der Waals surface area (Å²) in [6, 6.07) is 0. The molecule has 0 aliphatic heterocycles. The molecule has 0 atom stereocenters. The van der Waals surface area contributed by atoms with Crippen molar-refractivity contribution in [2.24, 2.45) is 5.41 Å². The Kier molecular flexibility index (Phi) is 3.30. The Bertz CT molecular complexity index is 155. The lowest BCUT2D eigenvalue weighted by molar-refractivity contribution is -0.137. The normalized spacial score (nSPS) is 10.9. The molecule has 0 heterocycles. The predicted octanol–water partition coefficient (Wildman–Crippen LogP) is 1.68. The zero-order chi connectivity index (χ0) is 9.07. The molecule has 0 spiro atoms. The van der Waals surface area contributed by atoms with Crippen LogP contribution >= 0.6 is 0 Å². The zero-order valence-corrected chi connectivity index (χ0v) is 7.85. The Morgan fingerprint density at radius 2 is 2.00 bits per heavy atom. The maximum Gasteiger partial charge on any atom is 0.227 e. The van der Waals surface area contributed by atoms with Crippen LogP contribution in [0, 0.1) is 5.41 Å².